The highest BCUT2D eigenvalue weighted by Gasteiger charge is 2.29. The van der Waals surface area contributed by atoms with Gasteiger partial charge in [-0.05, 0) is 11.1 Å². The van der Waals surface area contributed by atoms with Crippen LogP contribution in [0.5, 0.6) is 0 Å². The SMILES string of the molecule is Cl.O=C(O)C(C(=O)OCc1ccccc1)c1ccccc1. The van der Waals surface area contributed by atoms with Crippen LogP contribution in [0.15, 0.2) is 60.7 Å². The van der Waals surface area contributed by atoms with Crippen molar-refractivity contribution in [2.75, 3.05) is 0 Å². The number of esters is 1. The first-order valence-corrected chi connectivity index (χ1v) is 6.17. The van der Waals surface area contributed by atoms with Gasteiger partial charge >= 0.3 is 11.9 Å². The zero-order valence-corrected chi connectivity index (χ0v) is 12.0. The summed E-state index contributed by atoms with van der Waals surface area (Å²) in [7, 11) is 0. The number of ether oxygens (including phenoxy) is 1. The zero-order valence-electron chi connectivity index (χ0n) is 11.1. The van der Waals surface area contributed by atoms with Crippen molar-refractivity contribution in [1.29, 1.82) is 0 Å². The molecule has 4 nitrogen and oxygen atoms in total. The second-order valence-electron chi connectivity index (χ2n) is 4.28. The van der Waals surface area contributed by atoms with E-state index < -0.39 is 17.9 Å². The molecule has 0 bridgehead atoms. The monoisotopic (exact) mass is 306 g/mol. The quantitative estimate of drug-likeness (QED) is 0.681. The van der Waals surface area contributed by atoms with Gasteiger partial charge in [0.05, 0.1) is 0 Å². The first kappa shape index (κ1) is 16.7. The Labute approximate surface area is 128 Å². The molecule has 1 atom stereocenters. The van der Waals surface area contributed by atoms with Gasteiger partial charge in [0.2, 0.25) is 0 Å². The Morgan fingerprint density at radius 1 is 0.952 bits per heavy atom. The van der Waals surface area contributed by atoms with Crippen LogP contribution in [0.3, 0.4) is 0 Å². The van der Waals surface area contributed by atoms with E-state index in [0.717, 1.165) is 5.56 Å². The van der Waals surface area contributed by atoms with Gasteiger partial charge in [-0.1, -0.05) is 60.7 Å². The summed E-state index contributed by atoms with van der Waals surface area (Å²) in [5, 5.41) is 9.19. The van der Waals surface area contributed by atoms with E-state index in [-0.39, 0.29) is 19.0 Å². The lowest BCUT2D eigenvalue weighted by molar-refractivity contribution is -0.155. The molecule has 5 heteroatoms. The Morgan fingerprint density at radius 2 is 1.48 bits per heavy atom. The van der Waals surface area contributed by atoms with Crippen LogP contribution in [-0.2, 0) is 20.9 Å². The van der Waals surface area contributed by atoms with Crippen molar-refractivity contribution in [3.63, 3.8) is 0 Å². The minimum atomic E-state index is -1.29. The number of carbonyl (C=O) groups is 2. The number of aliphatic carboxylic acids is 1. The molecule has 1 unspecified atom stereocenters. The van der Waals surface area contributed by atoms with Gasteiger partial charge in [0.1, 0.15) is 6.61 Å². The lowest BCUT2D eigenvalue weighted by Crippen LogP contribution is -2.23. The summed E-state index contributed by atoms with van der Waals surface area (Å²) in [4.78, 5) is 23.2. The second-order valence-corrected chi connectivity index (χ2v) is 4.28. The van der Waals surface area contributed by atoms with E-state index >= 15 is 0 Å². The topological polar surface area (TPSA) is 63.6 Å². The summed E-state index contributed by atoms with van der Waals surface area (Å²) in [5.41, 5.74) is 1.23. The first-order chi connectivity index (χ1) is 9.68. The molecular formula is C16H15ClO4. The molecule has 0 saturated heterocycles. The summed E-state index contributed by atoms with van der Waals surface area (Å²) in [6.45, 7) is 0.0658. The number of rotatable bonds is 5. The van der Waals surface area contributed by atoms with E-state index in [1.54, 1.807) is 30.3 Å². The highest BCUT2D eigenvalue weighted by Crippen LogP contribution is 2.18. The van der Waals surface area contributed by atoms with Gasteiger partial charge in [-0.3, -0.25) is 9.59 Å². The molecule has 2 rings (SSSR count). The molecule has 21 heavy (non-hydrogen) atoms. The smallest absolute Gasteiger partial charge is 0.325 e. The minimum Gasteiger partial charge on any atom is -0.480 e. The van der Waals surface area contributed by atoms with Gasteiger partial charge < -0.3 is 9.84 Å². The number of carboxylic acids is 1. The molecule has 0 spiro atoms. The van der Waals surface area contributed by atoms with Gasteiger partial charge in [-0.2, -0.15) is 0 Å². The number of benzene rings is 2. The minimum absolute atomic E-state index is 0. The van der Waals surface area contributed by atoms with E-state index in [2.05, 4.69) is 0 Å². The zero-order chi connectivity index (χ0) is 14.4. The van der Waals surface area contributed by atoms with Gasteiger partial charge in [0.15, 0.2) is 5.92 Å². The molecule has 0 aliphatic carbocycles. The van der Waals surface area contributed by atoms with Crippen LogP contribution in [-0.4, -0.2) is 17.0 Å². The number of hydrogen-bond acceptors (Lipinski definition) is 3. The van der Waals surface area contributed by atoms with Crippen LogP contribution in [0.25, 0.3) is 0 Å². The second kappa shape index (κ2) is 8.07. The predicted octanol–water partition coefficient (Wildman–Crippen LogP) is 3.02. The van der Waals surface area contributed by atoms with Crippen molar-refractivity contribution in [2.24, 2.45) is 0 Å². The highest BCUT2D eigenvalue weighted by molar-refractivity contribution is 5.99. The summed E-state index contributed by atoms with van der Waals surface area (Å²) in [5.74, 6) is -3.26. The maximum Gasteiger partial charge on any atom is 0.325 e. The third-order valence-corrected chi connectivity index (χ3v) is 2.84. The average Bonchev–Trinajstić information content (AvgIpc) is 2.47. The Kier molecular flexibility index (Phi) is 6.43. The van der Waals surface area contributed by atoms with E-state index in [9.17, 15) is 14.7 Å². The Balaban J connectivity index is 0.00000220. The normalized spacial score (nSPS) is 11.0. The number of carboxylic acid groups (broad SMARTS) is 1. The number of hydrogen-bond donors (Lipinski definition) is 1. The molecule has 0 amide bonds. The van der Waals surface area contributed by atoms with E-state index in [1.807, 2.05) is 30.3 Å². The summed E-state index contributed by atoms with van der Waals surface area (Å²) in [6.07, 6.45) is 0. The number of halogens is 1. The standard InChI is InChI=1S/C16H14O4.ClH/c17-15(18)14(13-9-5-2-6-10-13)16(19)20-11-12-7-3-1-4-8-12;/h1-10,14H,11H2,(H,17,18);1H. The molecule has 0 aliphatic heterocycles. The van der Waals surface area contributed by atoms with Gasteiger partial charge in [0.25, 0.3) is 0 Å². The Hall–Kier alpha value is -2.33. The molecule has 0 saturated carbocycles. The van der Waals surface area contributed by atoms with Crippen molar-refractivity contribution in [3.8, 4) is 0 Å². The van der Waals surface area contributed by atoms with E-state index in [4.69, 9.17) is 4.74 Å². The van der Waals surface area contributed by atoms with Crippen LogP contribution >= 0.6 is 12.4 Å². The average molecular weight is 307 g/mol. The molecule has 110 valence electrons. The fourth-order valence-electron chi connectivity index (χ4n) is 1.84. The fraction of sp³-hybridized carbons (Fsp3) is 0.125. The van der Waals surface area contributed by atoms with Crippen molar-refractivity contribution >= 4 is 24.3 Å². The van der Waals surface area contributed by atoms with Gasteiger partial charge in [-0.25, -0.2) is 0 Å². The van der Waals surface area contributed by atoms with Crippen molar-refractivity contribution < 1.29 is 19.4 Å². The first-order valence-electron chi connectivity index (χ1n) is 6.17. The van der Waals surface area contributed by atoms with Crippen molar-refractivity contribution in [2.45, 2.75) is 12.5 Å². The summed E-state index contributed by atoms with van der Waals surface area (Å²) in [6, 6.07) is 17.5. The molecule has 0 aliphatic rings. The summed E-state index contributed by atoms with van der Waals surface area (Å²) < 4.78 is 5.09. The molecule has 0 radical (unpaired) electrons. The Morgan fingerprint density at radius 3 is 2.00 bits per heavy atom. The lowest BCUT2D eigenvalue weighted by atomic mass is 10.00. The van der Waals surface area contributed by atoms with Crippen molar-refractivity contribution in [3.05, 3.63) is 71.8 Å². The van der Waals surface area contributed by atoms with Crippen LogP contribution in [0, 0.1) is 0 Å². The fourth-order valence-corrected chi connectivity index (χ4v) is 1.84. The lowest BCUT2D eigenvalue weighted by Gasteiger charge is -2.12. The van der Waals surface area contributed by atoms with Crippen LogP contribution < -0.4 is 0 Å². The highest BCUT2D eigenvalue weighted by atomic mass is 35.5. The maximum atomic E-state index is 12.0. The number of carbonyl (C=O) groups excluding carboxylic acids is 1. The van der Waals surface area contributed by atoms with Crippen molar-refractivity contribution in [1.82, 2.24) is 0 Å². The Bertz CT molecular complexity index is 584. The van der Waals surface area contributed by atoms with E-state index in [0.29, 0.717) is 5.56 Å². The van der Waals surface area contributed by atoms with E-state index in [1.165, 1.54) is 0 Å². The predicted molar refractivity (Wildman–Crippen MR) is 80.3 cm³/mol. The van der Waals surface area contributed by atoms with Crippen LogP contribution in [0.4, 0.5) is 0 Å². The molecule has 0 fully saturated rings. The van der Waals surface area contributed by atoms with Gasteiger partial charge in [-0.15, -0.1) is 12.4 Å². The molecule has 0 heterocycles. The molecule has 2 aromatic carbocycles. The molecular weight excluding hydrogens is 292 g/mol. The molecule has 0 aromatic heterocycles. The largest absolute Gasteiger partial charge is 0.480 e. The van der Waals surface area contributed by atoms with Gasteiger partial charge in [0, 0.05) is 0 Å². The molecule has 1 N–H and O–H groups in total. The molecule has 2 aromatic rings. The third-order valence-electron chi connectivity index (χ3n) is 2.84. The van der Waals surface area contributed by atoms with Crippen LogP contribution in [0.1, 0.15) is 17.0 Å². The maximum absolute atomic E-state index is 12.0. The third kappa shape index (κ3) is 4.61. The van der Waals surface area contributed by atoms with Crippen LogP contribution in [0.2, 0.25) is 0 Å². The summed E-state index contributed by atoms with van der Waals surface area (Å²) >= 11 is 0.